The second-order valence-corrected chi connectivity index (χ2v) is 3.14. The molecule has 1 aromatic rings. The summed E-state index contributed by atoms with van der Waals surface area (Å²) in [4.78, 5) is 21.0. The number of rotatable bonds is 3. The number of benzene rings is 1. The van der Waals surface area contributed by atoms with E-state index in [4.69, 9.17) is 0 Å². The molecule has 0 spiro atoms. The first-order valence-electron chi connectivity index (χ1n) is 4.16. The molecule has 0 aliphatic heterocycles. The third-order valence-corrected chi connectivity index (χ3v) is 2.21. The first-order valence-corrected chi connectivity index (χ1v) is 4.16. The number of aryl methyl sites for hydroxylation is 2. The summed E-state index contributed by atoms with van der Waals surface area (Å²) in [6.45, 7) is 3.96. The van der Waals surface area contributed by atoms with E-state index in [9.17, 15) is 9.59 Å². The van der Waals surface area contributed by atoms with E-state index in [1.54, 1.807) is 0 Å². The standard InChI is InChI=1S/C11H12O2/c1-8-3-4-10(5-9(8)2)11(6-12)7-13/h3-7,11H,1-2H3. The fraction of sp³-hybridized carbons (Fsp3) is 0.273. The highest BCUT2D eigenvalue weighted by Crippen LogP contribution is 2.15. The van der Waals surface area contributed by atoms with E-state index in [1.165, 1.54) is 5.56 Å². The van der Waals surface area contributed by atoms with Crippen LogP contribution >= 0.6 is 0 Å². The quantitative estimate of drug-likeness (QED) is 0.519. The van der Waals surface area contributed by atoms with Gasteiger partial charge in [-0.2, -0.15) is 0 Å². The van der Waals surface area contributed by atoms with Crippen LogP contribution in [0.3, 0.4) is 0 Å². The lowest BCUT2D eigenvalue weighted by atomic mass is 9.98. The summed E-state index contributed by atoms with van der Waals surface area (Å²) in [5, 5.41) is 0. The van der Waals surface area contributed by atoms with Gasteiger partial charge in [-0.3, -0.25) is 0 Å². The van der Waals surface area contributed by atoms with Crippen LogP contribution in [0.5, 0.6) is 0 Å². The molecule has 0 amide bonds. The summed E-state index contributed by atoms with van der Waals surface area (Å²) >= 11 is 0. The van der Waals surface area contributed by atoms with Crippen LogP contribution in [0.25, 0.3) is 0 Å². The minimum atomic E-state index is -0.612. The van der Waals surface area contributed by atoms with E-state index < -0.39 is 5.92 Å². The first-order chi connectivity index (χ1) is 6.19. The minimum Gasteiger partial charge on any atom is -0.302 e. The van der Waals surface area contributed by atoms with E-state index in [-0.39, 0.29) is 0 Å². The van der Waals surface area contributed by atoms with Crippen molar-refractivity contribution >= 4 is 12.6 Å². The molecule has 0 saturated carbocycles. The predicted octanol–water partition coefficient (Wildman–Crippen LogP) is 1.78. The number of hydrogen-bond donors (Lipinski definition) is 0. The van der Waals surface area contributed by atoms with E-state index in [0.29, 0.717) is 12.6 Å². The highest BCUT2D eigenvalue weighted by molar-refractivity contribution is 5.85. The third kappa shape index (κ3) is 2.02. The van der Waals surface area contributed by atoms with Gasteiger partial charge in [0.25, 0.3) is 0 Å². The summed E-state index contributed by atoms with van der Waals surface area (Å²) in [5.74, 6) is -0.612. The number of hydrogen-bond acceptors (Lipinski definition) is 2. The molecule has 0 aliphatic rings. The Hall–Kier alpha value is -1.44. The first kappa shape index (κ1) is 9.65. The molecule has 68 valence electrons. The topological polar surface area (TPSA) is 34.1 Å². The van der Waals surface area contributed by atoms with Crippen LogP contribution in [0.1, 0.15) is 22.6 Å². The van der Waals surface area contributed by atoms with Crippen LogP contribution in [-0.2, 0) is 9.59 Å². The number of aldehydes is 2. The van der Waals surface area contributed by atoms with Crippen LogP contribution in [0.2, 0.25) is 0 Å². The van der Waals surface area contributed by atoms with Gasteiger partial charge in [-0.05, 0) is 30.5 Å². The zero-order chi connectivity index (χ0) is 9.84. The predicted molar refractivity (Wildman–Crippen MR) is 50.8 cm³/mol. The van der Waals surface area contributed by atoms with Crippen molar-refractivity contribution in [1.82, 2.24) is 0 Å². The molecule has 0 radical (unpaired) electrons. The second-order valence-electron chi connectivity index (χ2n) is 3.14. The summed E-state index contributed by atoms with van der Waals surface area (Å²) in [6, 6.07) is 5.61. The monoisotopic (exact) mass is 176 g/mol. The fourth-order valence-corrected chi connectivity index (χ4v) is 1.16. The Labute approximate surface area is 77.6 Å². The highest BCUT2D eigenvalue weighted by atomic mass is 16.1. The smallest absolute Gasteiger partial charge is 0.134 e. The van der Waals surface area contributed by atoms with Crippen molar-refractivity contribution in [3.05, 3.63) is 34.9 Å². The Balaban J connectivity index is 3.08. The molecular formula is C11H12O2. The molecule has 0 heterocycles. The summed E-state index contributed by atoms with van der Waals surface area (Å²) in [5.41, 5.74) is 3.04. The van der Waals surface area contributed by atoms with Gasteiger partial charge in [0.05, 0.1) is 5.92 Å². The van der Waals surface area contributed by atoms with Gasteiger partial charge in [0.1, 0.15) is 12.6 Å². The lowest BCUT2D eigenvalue weighted by molar-refractivity contribution is -0.116. The lowest BCUT2D eigenvalue weighted by Crippen LogP contribution is -2.01. The molecule has 13 heavy (non-hydrogen) atoms. The van der Waals surface area contributed by atoms with Gasteiger partial charge in [-0.25, -0.2) is 0 Å². The van der Waals surface area contributed by atoms with Crippen molar-refractivity contribution < 1.29 is 9.59 Å². The van der Waals surface area contributed by atoms with Crippen LogP contribution in [0.4, 0.5) is 0 Å². The summed E-state index contributed by atoms with van der Waals surface area (Å²) < 4.78 is 0. The van der Waals surface area contributed by atoms with Crippen molar-refractivity contribution in [2.45, 2.75) is 19.8 Å². The van der Waals surface area contributed by atoms with Crippen molar-refractivity contribution in [2.75, 3.05) is 0 Å². The number of carbonyl (C=O) groups is 2. The summed E-state index contributed by atoms with van der Waals surface area (Å²) in [6.07, 6.45) is 1.33. The van der Waals surface area contributed by atoms with E-state index in [0.717, 1.165) is 11.1 Å². The van der Waals surface area contributed by atoms with Crippen molar-refractivity contribution in [1.29, 1.82) is 0 Å². The number of carbonyl (C=O) groups excluding carboxylic acids is 2. The lowest BCUT2D eigenvalue weighted by Gasteiger charge is -2.05. The van der Waals surface area contributed by atoms with Crippen molar-refractivity contribution in [3.63, 3.8) is 0 Å². The fourth-order valence-electron chi connectivity index (χ4n) is 1.16. The molecule has 0 atom stereocenters. The zero-order valence-corrected chi connectivity index (χ0v) is 7.78. The molecule has 0 aromatic heterocycles. The average Bonchev–Trinajstić information content (AvgIpc) is 2.13. The van der Waals surface area contributed by atoms with Gasteiger partial charge in [0, 0.05) is 0 Å². The second kappa shape index (κ2) is 3.99. The van der Waals surface area contributed by atoms with Gasteiger partial charge >= 0.3 is 0 Å². The van der Waals surface area contributed by atoms with Crippen LogP contribution < -0.4 is 0 Å². The maximum absolute atomic E-state index is 10.5. The van der Waals surface area contributed by atoms with Crippen molar-refractivity contribution in [3.8, 4) is 0 Å². The van der Waals surface area contributed by atoms with Gasteiger partial charge in [-0.15, -0.1) is 0 Å². The normalized spacial score (nSPS) is 10.1. The Morgan fingerprint density at radius 1 is 1.08 bits per heavy atom. The molecule has 2 heteroatoms. The molecule has 1 rings (SSSR count). The Kier molecular flexibility index (Phi) is 2.96. The molecule has 2 nitrogen and oxygen atoms in total. The van der Waals surface area contributed by atoms with Gasteiger partial charge < -0.3 is 9.59 Å². The Morgan fingerprint density at radius 3 is 2.15 bits per heavy atom. The summed E-state index contributed by atoms with van der Waals surface area (Å²) in [7, 11) is 0. The van der Waals surface area contributed by atoms with Crippen LogP contribution in [0.15, 0.2) is 18.2 Å². The average molecular weight is 176 g/mol. The third-order valence-electron chi connectivity index (χ3n) is 2.21. The molecule has 0 fully saturated rings. The zero-order valence-electron chi connectivity index (χ0n) is 7.78. The maximum Gasteiger partial charge on any atom is 0.134 e. The highest BCUT2D eigenvalue weighted by Gasteiger charge is 2.08. The Morgan fingerprint density at radius 2 is 1.69 bits per heavy atom. The van der Waals surface area contributed by atoms with E-state index in [2.05, 4.69) is 0 Å². The van der Waals surface area contributed by atoms with E-state index >= 15 is 0 Å². The maximum atomic E-state index is 10.5. The molecule has 0 saturated heterocycles. The molecule has 1 aromatic carbocycles. The largest absolute Gasteiger partial charge is 0.302 e. The van der Waals surface area contributed by atoms with Gasteiger partial charge in [0.15, 0.2) is 0 Å². The van der Waals surface area contributed by atoms with Crippen LogP contribution in [-0.4, -0.2) is 12.6 Å². The SMILES string of the molecule is Cc1ccc(C(C=O)C=O)cc1C. The molecular weight excluding hydrogens is 164 g/mol. The van der Waals surface area contributed by atoms with Gasteiger partial charge in [-0.1, -0.05) is 18.2 Å². The molecule has 0 N–H and O–H groups in total. The molecule has 0 aliphatic carbocycles. The van der Waals surface area contributed by atoms with E-state index in [1.807, 2.05) is 32.0 Å². The Bertz CT molecular complexity index is 321. The van der Waals surface area contributed by atoms with Crippen LogP contribution in [0, 0.1) is 13.8 Å². The minimum absolute atomic E-state index is 0.612. The van der Waals surface area contributed by atoms with Gasteiger partial charge in [0.2, 0.25) is 0 Å². The molecule has 0 unspecified atom stereocenters. The molecule has 0 bridgehead atoms. The van der Waals surface area contributed by atoms with Crippen molar-refractivity contribution in [2.24, 2.45) is 0 Å².